The second-order valence-corrected chi connectivity index (χ2v) is 7.49. The number of hydrogen-bond donors (Lipinski definition) is 2. The van der Waals surface area contributed by atoms with Crippen molar-refractivity contribution in [1.82, 2.24) is 0 Å². The maximum atomic E-state index is 12.3. The van der Waals surface area contributed by atoms with Crippen LogP contribution in [-0.2, 0) is 22.4 Å². The van der Waals surface area contributed by atoms with Gasteiger partial charge in [-0.25, -0.2) is 0 Å². The molecular weight excluding hydrogens is 392 g/mol. The van der Waals surface area contributed by atoms with Gasteiger partial charge in [-0.15, -0.1) is 0 Å². The number of nitrogens with one attached hydrogen (secondary N) is 2. The minimum Gasteiger partial charge on any atom is -0.484 e. The highest BCUT2D eigenvalue weighted by molar-refractivity contribution is 6.34. The predicted octanol–water partition coefficient (Wildman–Crippen LogP) is 4.94. The standard InChI is InChI=1S/C22H21ClN2O4/c1-13(26)24-14-6-8-19(18(23)10-14)25-22(27)12-28-15-7-9-21-17(11-15)16-4-2-3-5-20(16)29-21/h6-11H,2-5,12H2,1H3,(H,24,26)(H,25,27). The van der Waals surface area contributed by atoms with Crippen molar-refractivity contribution in [3.05, 3.63) is 52.7 Å². The van der Waals surface area contributed by atoms with Crippen LogP contribution < -0.4 is 15.4 Å². The van der Waals surface area contributed by atoms with Gasteiger partial charge in [-0.1, -0.05) is 11.6 Å². The van der Waals surface area contributed by atoms with E-state index in [-0.39, 0.29) is 18.4 Å². The summed E-state index contributed by atoms with van der Waals surface area (Å²) in [5, 5.41) is 6.75. The van der Waals surface area contributed by atoms with Crippen LogP contribution in [0.15, 0.2) is 40.8 Å². The number of carbonyl (C=O) groups excluding carboxylic acids is 2. The summed E-state index contributed by atoms with van der Waals surface area (Å²) < 4.78 is 11.6. The van der Waals surface area contributed by atoms with E-state index in [4.69, 9.17) is 20.8 Å². The quantitative estimate of drug-likeness (QED) is 0.621. The van der Waals surface area contributed by atoms with Crippen molar-refractivity contribution >= 4 is 45.8 Å². The van der Waals surface area contributed by atoms with Crippen LogP contribution in [-0.4, -0.2) is 18.4 Å². The van der Waals surface area contributed by atoms with E-state index in [9.17, 15) is 9.59 Å². The zero-order valence-electron chi connectivity index (χ0n) is 16.0. The maximum Gasteiger partial charge on any atom is 0.262 e. The summed E-state index contributed by atoms with van der Waals surface area (Å²) in [4.78, 5) is 23.4. The van der Waals surface area contributed by atoms with Crippen molar-refractivity contribution in [3.63, 3.8) is 0 Å². The number of fused-ring (bicyclic) bond motifs is 3. The van der Waals surface area contributed by atoms with E-state index in [1.165, 1.54) is 12.5 Å². The topological polar surface area (TPSA) is 80.6 Å². The molecule has 1 aromatic heterocycles. The van der Waals surface area contributed by atoms with E-state index in [1.54, 1.807) is 24.3 Å². The van der Waals surface area contributed by atoms with Gasteiger partial charge in [0.2, 0.25) is 5.91 Å². The molecule has 2 amide bonds. The second-order valence-electron chi connectivity index (χ2n) is 7.08. The Labute approximate surface area is 173 Å². The largest absolute Gasteiger partial charge is 0.484 e. The molecule has 29 heavy (non-hydrogen) atoms. The van der Waals surface area contributed by atoms with Gasteiger partial charge in [0.05, 0.1) is 10.7 Å². The Morgan fingerprint density at radius 1 is 1.10 bits per heavy atom. The fourth-order valence-corrected chi connectivity index (χ4v) is 3.79. The van der Waals surface area contributed by atoms with Crippen LogP contribution in [0.4, 0.5) is 11.4 Å². The molecule has 0 atom stereocenters. The molecule has 2 N–H and O–H groups in total. The second kappa shape index (κ2) is 8.17. The van der Waals surface area contributed by atoms with E-state index in [0.29, 0.717) is 22.1 Å². The van der Waals surface area contributed by atoms with Crippen molar-refractivity contribution < 1.29 is 18.7 Å². The van der Waals surface area contributed by atoms with E-state index in [2.05, 4.69) is 10.6 Å². The summed E-state index contributed by atoms with van der Waals surface area (Å²) in [6, 6.07) is 10.5. The van der Waals surface area contributed by atoms with Crippen LogP contribution in [0.3, 0.4) is 0 Å². The molecular formula is C22H21ClN2O4. The Morgan fingerprint density at radius 3 is 2.72 bits per heavy atom. The highest BCUT2D eigenvalue weighted by atomic mass is 35.5. The summed E-state index contributed by atoms with van der Waals surface area (Å²) in [7, 11) is 0. The molecule has 0 fully saturated rings. The summed E-state index contributed by atoms with van der Waals surface area (Å²) >= 11 is 6.18. The number of hydrogen-bond acceptors (Lipinski definition) is 4. The molecule has 1 aliphatic rings. The fraction of sp³-hybridized carbons (Fsp3) is 0.273. The Kier molecular flexibility index (Phi) is 5.45. The Morgan fingerprint density at radius 2 is 1.93 bits per heavy atom. The van der Waals surface area contributed by atoms with Gasteiger partial charge >= 0.3 is 0 Å². The van der Waals surface area contributed by atoms with E-state index < -0.39 is 0 Å². The lowest BCUT2D eigenvalue weighted by molar-refractivity contribution is -0.118. The lowest BCUT2D eigenvalue weighted by Gasteiger charge is -2.11. The number of benzene rings is 2. The number of rotatable bonds is 5. The van der Waals surface area contributed by atoms with Gasteiger partial charge in [-0.05, 0) is 55.7 Å². The third-order valence-corrected chi connectivity index (χ3v) is 5.17. The molecule has 2 aromatic carbocycles. The molecule has 6 nitrogen and oxygen atoms in total. The average Bonchev–Trinajstić information content (AvgIpc) is 3.06. The summed E-state index contributed by atoms with van der Waals surface area (Å²) in [6.45, 7) is 1.27. The van der Waals surface area contributed by atoms with Crippen molar-refractivity contribution in [3.8, 4) is 5.75 Å². The highest BCUT2D eigenvalue weighted by Gasteiger charge is 2.18. The smallest absolute Gasteiger partial charge is 0.262 e. The van der Waals surface area contributed by atoms with Crippen molar-refractivity contribution in [2.45, 2.75) is 32.6 Å². The van der Waals surface area contributed by atoms with Crippen LogP contribution in [0.5, 0.6) is 5.75 Å². The molecule has 1 aliphatic carbocycles. The number of anilines is 2. The van der Waals surface area contributed by atoms with Crippen LogP contribution in [0.2, 0.25) is 5.02 Å². The molecule has 0 spiro atoms. The first-order valence-corrected chi connectivity index (χ1v) is 9.91. The molecule has 0 radical (unpaired) electrons. The molecule has 0 saturated carbocycles. The number of halogens is 1. The Hall–Kier alpha value is -2.99. The first kappa shape index (κ1) is 19.3. The Balaban J connectivity index is 1.40. The van der Waals surface area contributed by atoms with Crippen molar-refractivity contribution in [1.29, 1.82) is 0 Å². The van der Waals surface area contributed by atoms with Crippen LogP contribution >= 0.6 is 11.6 Å². The first-order chi connectivity index (χ1) is 14.0. The first-order valence-electron chi connectivity index (χ1n) is 9.54. The summed E-state index contributed by atoms with van der Waals surface area (Å²) in [5.74, 6) is 1.17. The SMILES string of the molecule is CC(=O)Nc1ccc(NC(=O)COc2ccc3oc4c(c3c2)CCCC4)c(Cl)c1. The molecule has 7 heteroatoms. The minimum absolute atomic E-state index is 0.144. The van der Waals surface area contributed by atoms with Gasteiger partial charge in [0.1, 0.15) is 17.1 Å². The number of amides is 2. The minimum atomic E-state index is -0.325. The molecule has 0 saturated heterocycles. The Bertz CT molecular complexity index is 1090. The number of ether oxygens (including phenoxy) is 1. The summed E-state index contributed by atoms with van der Waals surface area (Å²) in [6.07, 6.45) is 4.31. The third kappa shape index (κ3) is 4.38. The van der Waals surface area contributed by atoms with Gasteiger partial charge < -0.3 is 19.8 Å². The van der Waals surface area contributed by atoms with Crippen LogP contribution in [0.25, 0.3) is 11.0 Å². The van der Waals surface area contributed by atoms with Gasteiger partial charge in [0.25, 0.3) is 5.91 Å². The molecule has 150 valence electrons. The number of aryl methyl sites for hydroxylation is 2. The zero-order chi connectivity index (χ0) is 20.4. The van der Waals surface area contributed by atoms with Gasteiger partial charge in [0.15, 0.2) is 6.61 Å². The van der Waals surface area contributed by atoms with Crippen LogP contribution in [0, 0.1) is 0 Å². The third-order valence-electron chi connectivity index (χ3n) is 4.86. The van der Waals surface area contributed by atoms with E-state index in [0.717, 1.165) is 42.4 Å². The van der Waals surface area contributed by atoms with Gasteiger partial charge in [0, 0.05) is 30.0 Å². The average molecular weight is 413 g/mol. The molecule has 0 bridgehead atoms. The van der Waals surface area contributed by atoms with Crippen molar-refractivity contribution in [2.24, 2.45) is 0 Å². The van der Waals surface area contributed by atoms with Crippen LogP contribution in [0.1, 0.15) is 31.1 Å². The molecule has 0 aliphatic heterocycles. The lowest BCUT2D eigenvalue weighted by atomic mass is 9.96. The zero-order valence-corrected chi connectivity index (χ0v) is 16.8. The van der Waals surface area contributed by atoms with Crippen molar-refractivity contribution in [2.75, 3.05) is 17.2 Å². The predicted molar refractivity (Wildman–Crippen MR) is 113 cm³/mol. The highest BCUT2D eigenvalue weighted by Crippen LogP contribution is 2.34. The summed E-state index contributed by atoms with van der Waals surface area (Å²) in [5.41, 5.74) is 3.13. The van der Waals surface area contributed by atoms with E-state index in [1.807, 2.05) is 12.1 Å². The molecule has 3 aromatic rings. The number of furan rings is 1. The lowest BCUT2D eigenvalue weighted by Crippen LogP contribution is -2.20. The van der Waals surface area contributed by atoms with Gasteiger partial charge in [-0.2, -0.15) is 0 Å². The molecule has 1 heterocycles. The normalized spacial score (nSPS) is 13.0. The van der Waals surface area contributed by atoms with E-state index >= 15 is 0 Å². The van der Waals surface area contributed by atoms with Gasteiger partial charge in [-0.3, -0.25) is 9.59 Å². The monoisotopic (exact) mass is 412 g/mol. The fourth-order valence-electron chi connectivity index (χ4n) is 3.56. The molecule has 0 unspecified atom stereocenters. The number of carbonyl (C=O) groups is 2. The maximum absolute atomic E-state index is 12.3. The molecule has 4 rings (SSSR count).